The van der Waals surface area contributed by atoms with E-state index in [9.17, 15) is 8.78 Å². The fourth-order valence-corrected chi connectivity index (χ4v) is 0.933. The minimum atomic E-state index is -2.53. The summed E-state index contributed by atoms with van der Waals surface area (Å²) in [6, 6.07) is -1.24. The van der Waals surface area contributed by atoms with Crippen LogP contribution < -0.4 is 5.73 Å². The lowest BCUT2D eigenvalue weighted by atomic mass is 10.1. The van der Waals surface area contributed by atoms with Crippen molar-refractivity contribution >= 4 is 0 Å². The van der Waals surface area contributed by atoms with Crippen molar-refractivity contribution in [1.82, 2.24) is 0 Å². The minimum absolute atomic E-state index is 0.242. The molecule has 0 spiro atoms. The number of ether oxygens (including phenoxy) is 1. The maximum absolute atomic E-state index is 12.0. The molecule has 0 saturated carbocycles. The van der Waals surface area contributed by atoms with Crippen LogP contribution in [0.4, 0.5) is 8.78 Å². The van der Waals surface area contributed by atoms with Crippen LogP contribution >= 0.6 is 0 Å². The van der Waals surface area contributed by atoms with Crippen LogP contribution in [0.1, 0.15) is 12.8 Å². The lowest BCUT2D eigenvalue weighted by Gasteiger charge is -2.19. The van der Waals surface area contributed by atoms with Crippen LogP contribution in [-0.4, -0.2) is 19.1 Å². The van der Waals surface area contributed by atoms with Crippen molar-refractivity contribution < 1.29 is 13.5 Å². The molecular formula is C7H11F2NO. The van der Waals surface area contributed by atoms with Gasteiger partial charge < -0.3 is 10.5 Å². The summed E-state index contributed by atoms with van der Waals surface area (Å²) in [5.41, 5.74) is 5.15. The Labute approximate surface area is 64.0 Å². The Bertz CT molecular complexity index is 159. The Hall–Kier alpha value is -0.640. The predicted octanol–water partition coefficient (Wildman–Crippen LogP) is 1.27. The van der Waals surface area contributed by atoms with Gasteiger partial charge in [0.15, 0.2) is 0 Å². The SMILES string of the molecule is NC(C1=CCCCO1)C(F)F. The molecule has 4 heteroatoms. The Balaban J connectivity index is 2.51. The standard InChI is InChI=1S/C7H11F2NO/c8-7(9)6(10)5-3-1-2-4-11-5/h3,6-7H,1-2,4,10H2. The molecule has 1 unspecified atom stereocenters. The van der Waals surface area contributed by atoms with Gasteiger partial charge in [-0.1, -0.05) is 0 Å². The largest absolute Gasteiger partial charge is 0.496 e. The molecule has 1 heterocycles. The minimum Gasteiger partial charge on any atom is -0.496 e. The van der Waals surface area contributed by atoms with Crippen molar-refractivity contribution in [2.75, 3.05) is 6.61 Å². The highest BCUT2D eigenvalue weighted by Gasteiger charge is 2.22. The van der Waals surface area contributed by atoms with Crippen molar-refractivity contribution in [3.63, 3.8) is 0 Å². The zero-order valence-corrected chi connectivity index (χ0v) is 6.09. The molecule has 0 amide bonds. The van der Waals surface area contributed by atoms with Crippen molar-refractivity contribution in [3.8, 4) is 0 Å². The Morgan fingerprint density at radius 2 is 2.27 bits per heavy atom. The van der Waals surface area contributed by atoms with Crippen LogP contribution in [-0.2, 0) is 4.74 Å². The van der Waals surface area contributed by atoms with Gasteiger partial charge in [-0.3, -0.25) is 0 Å². The monoisotopic (exact) mass is 163 g/mol. The normalized spacial score (nSPS) is 20.9. The Morgan fingerprint density at radius 3 is 2.73 bits per heavy atom. The Morgan fingerprint density at radius 1 is 1.55 bits per heavy atom. The van der Waals surface area contributed by atoms with Crippen molar-refractivity contribution in [1.29, 1.82) is 0 Å². The first-order chi connectivity index (χ1) is 5.22. The van der Waals surface area contributed by atoms with Crippen molar-refractivity contribution in [2.24, 2.45) is 5.73 Å². The quantitative estimate of drug-likeness (QED) is 0.665. The number of hydrogen-bond donors (Lipinski definition) is 1. The molecule has 2 nitrogen and oxygen atoms in total. The summed E-state index contributed by atoms with van der Waals surface area (Å²) >= 11 is 0. The fraction of sp³-hybridized carbons (Fsp3) is 0.714. The molecule has 0 aliphatic carbocycles. The first kappa shape index (κ1) is 8.46. The topological polar surface area (TPSA) is 35.2 Å². The molecule has 0 radical (unpaired) electrons. The molecule has 1 aliphatic rings. The summed E-state index contributed by atoms with van der Waals surface area (Å²) in [5, 5.41) is 0. The van der Waals surface area contributed by atoms with Crippen LogP contribution in [0.5, 0.6) is 0 Å². The van der Waals surface area contributed by atoms with E-state index in [1.807, 2.05) is 0 Å². The van der Waals surface area contributed by atoms with E-state index < -0.39 is 12.5 Å². The third-order valence-corrected chi connectivity index (χ3v) is 1.56. The average Bonchev–Trinajstić information content (AvgIpc) is 2.05. The first-order valence-electron chi connectivity index (χ1n) is 3.58. The molecule has 64 valence electrons. The van der Waals surface area contributed by atoms with Gasteiger partial charge in [0.25, 0.3) is 6.43 Å². The molecule has 2 N–H and O–H groups in total. The Kier molecular flexibility index (Phi) is 2.82. The van der Waals surface area contributed by atoms with E-state index >= 15 is 0 Å². The zero-order valence-electron chi connectivity index (χ0n) is 6.09. The van der Waals surface area contributed by atoms with Gasteiger partial charge in [0.2, 0.25) is 0 Å². The summed E-state index contributed by atoms with van der Waals surface area (Å²) < 4.78 is 28.9. The van der Waals surface area contributed by atoms with Gasteiger partial charge >= 0.3 is 0 Å². The summed E-state index contributed by atoms with van der Waals surface area (Å²) in [5.74, 6) is 0.242. The molecule has 11 heavy (non-hydrogen) atoms. The van der Waals surface area contributed by atoms with Crippen LogP contribution in [0.25, 0.3) is 0 Å². The summed E-state index contributed by atoms with van der Waals surface area (Å²) in [6.45, 7) is 0.506. The molecule has 1 atom stereocenters. The van der Waals surface area contributed by atoms with E-state index in [-0.39, 0.29) is 5.76 Å². The second-order valence-corrected chi connectivity index (χ2v) is 2.46. The van der Waals surface area contributed by atoms with Gasteiger partial charge in [-0.25, -0.2) is 8.78 Å². The first-order valence-corrected chi connectivity index (χ1v) is 3.58. The summed E-state index contributed by atoms with van der Waals surface area (Å²) in [7, 11) is 0. The van der Waals surface area contributed by atoms with Crippen LogP contribution in [0.15, 0.2) is 11.8 Å². The number of nitrogens with two attached hydrogens (primary N) is 1. The van der Waals surface area contributed by atoms with Gasteiger partial charge in [-0.2, -0.15) is 0 Å². The van der Waals surface area contributed by atoms with Gasteiger partial charge in [-0.15, -0.1) is 0 Å². The highest BCUT2D eigenvalue weighted by Crippen LogP contribution is 2.16. The molecule has 1 rings (SSSR count). The molecule has 0 aromatic heterocycles. The lowest BCUT2D eigenvalue weighted by Crippen LogP contribution is -2.33. The van der Waals surface area contributed by atoms with E-state index in [0.717, 1.165) is 12.8 Å². The zero-order chi connectivity index (χ0) is 8.27. The second-order valence-electron chi connectivity index (χ2n) is 2.46. The molecule has 0 bridgehead atoms. The number of alkyl halides is 2. The summed E-state index contributed by atoms with van der Waals surface area (Å²) in [6.07, 6.45) is 0.787. The molecule has 0 saturated heterocycles. The fourth-order valence-electron chi connectivity index (χ4n) is 0.933. The van der Waals surface area contributed by atoms with E-state index in [0.29, 0.717) is 6.61 Å². The highest BCUT2D eigenvalue weighted by atomic mass is 19.3. The second kappa shape index (κ2) is 3.67. The van der Waals surface area contributed by atoms with E-state index in [1.54, 1.807) is 6.08 Å². The van der Waals surface area contributed by atoms with Crippen LogP contribution in [0, 0.1) is 0 Å². The number of rotatable bonds is 2. The molecule has 0 aromatic rings. The van der Waals surface area contributed by atoms with E-state index in [1.165, 1.54) is 0 Å². The third kappa shape index (κ3) is 2.15. The van der Waals surface area contributed by atoms with Crippen molar-refractivity contribution in [3.05, 3.63) is 11.8 Å². The molecule has 1 aliphatic heterocycles. The highest BCUT2D eigenvalue weighted by molar-refractivity contribution is 5.05. The van der Waals surface area contributed by atoms with Gasteiger partial charge in [0.05, 0.1) is 6.61 Å². The molecular weight excluding hydrogens is 152 g/mol. The number of hydrogen-bond acceptors (Lipinski definition) is 2. The predicted molar refractivity (Wildman–Crippen MR) is 37.2 cm³/mol. The number of allylic oxidation sites excluding steroid dienone is 1. The summed E-state index contributed by atoms with van der Waals surface area (Å²) in [4.78, 5) is 0. The van der Waals surface area contributed by atoms with Crippen LogP contribution in [0.3, 0.4) is 0 Å². The number of halogens is 2. The van der Waals surface area contributed by atoms with Gasteiger partial charge in [0, 0.05) is 0 Å². The van der Waals surface area contributed by atoms with Crippen LogP contribution in [0.2, 0.25) is 0 Å². The molecule has 0 fully saturated rings. The lowest BCUT2D eigenvalue weighted by molar-refractivity contribution is 0.0836. The third-order valence-electron chi connectivity index (χ3n) is 1.56. The van der Waals surface area contributed by atoms with E-state index in [2.05, 4.69) is 0 Å². The van der Waals surface area contributed by atoms with Gasteiger partial charge in [-0.05, 0) is 18.9 Å². The van der Waals surface area contributed by atoms with Gasteiger partial charge in [0.1, 0.15) is 11.8 Å². The maximum atomic E-state index is 12.0. The van der Waals surface area contributed by atoms with Crippen molar-refractivity contribution in [2.45, 2.75) is 25.3 Å². The smallest absolute Gasteiger partial charge is 0.260 e. The maximum Gasteiger partial charge on any atom is 0.260 e. The molecule has 0 aromatic carbocycles. The average molecular weight is 163 g/mol. The van der Waals surface area contributed by atoms with E-state index in [4.69, 9.17) is 10.5 Å².